The number of aryl methyl sites for hydroxylation is 1. The number of likely N-dealkylation sites (N-methyl/N-ethyl adjacent to an activating group) is 1. The van der Waals surface area contributed by atoms with Crippen molar-refractivity contribution in [2.24, 2.45) is 5.73 Å². The van der Waals surface area contributed by atoms with E-state index in [4.69, 9.17) is 22.7 Å². The number of rotatable bonds is 5. The van der Waals surface area contributed by atoms with Crippen molar-refractivity contribution in [1.29, 1.82) is 0 Å². The standard InChI is InChI=1S/C12H18N2OS/c1-9-4-5-10(12(13)16)11(8-9)14(2)6-7-15-3/h4-5,8H,6-7H2,1-3H3,(H2,13,16). The zero-order valence-electron chi connectivity index (χ0n) is 9.99. The van der Waals surface area contributed by atoms with Crippen LogP contribution < -0.4 is 10.6 Å². The molecule has 4 heteroatoms. The van der Waals surface area contributed by atoms with Crippen molar-refractivity contribution in [1.82, 2.24) is 0 Å². The quantitative estimate of drug-likeness (QED) is 0.793. The normalized spacial score (nSPS) is 10.2. The van der Waals surface area contributed by atoms with E-state index in [1.54, 1.807) is 7.11 Å². The highest BCUT2D eigenvalue weighted by Gasteiger charge is 2.09. The molecule has 0 atom stereocenters. The Morgan fingerprint density at radius 3 is 2.75 bits per heavy atom. The Labute approximate surface area is 102 Å². The monoisotopic (exact) mass is 238 g/mol. The van der Waals surface area contributed by atoms with Crippen LogP contribution in [0.5, 0.6) is 0 Å². The number of benzene rings is 1. The SMILES string of the molecule is COCCN(C)c1cc(C)ccc1C(N)=S. The van der Waals surface area contributed by atoms with Crippen molar-refractivity contribution < 1.29 is 4.74 Å². The Morgan fingerprint density at radius 1 is 1.50 bits per heavy atom. The summed E-state index contributed by atoms with van der Waals surface area (Å²) in [6, 6.07) is 6.07. The van der Waals surface area contributed by atoms with Gasteiger partial charge < -0.3 is 15.4 Å². The van der Waals surface area contributed by atoms with E-state index in [-0.39, 0.29) is 0 Å². The second-order valence-corrected chi connectivity index (χ2v) is 4.24. The van der Waals surface area contributed by atoms with Crippen LogP contribution in [0.2, 0.25) is 0 Å². The molecular formula is C12H18N2OS. The van der Waals surface area contributed by atoms with E-state index < -0.39 is 0 Å². The lowest BCUT2D eigenvalue weighted by Gasteiger charge is -2.22. The summed E-state index contributed by atoms with van der Waals surface area (Å²) in [6.07, 6.45) is 0. The second-order valence-electron chi connectivity index (χ2n) is 3.80. The smallest absolute Gasteiger partial charge is 0.106 e. The molecular weight excluding hydrogens is 220 g/mol. The predicted molar refractivity (Wildman–Crippen MR) is 72.2 cm³/mol. The summed E-state index contributed by atoms with van der Waals surface area (Å²) < 4.78 is 5.06. The molecule has 0 fully saturated rings. The molecule has 0 saturated heterocycles. The van der Waals surface area contributed by atoms with Crippen molar-refractivity contribution >= 4 is 22.9 Å². The summed E-state index contributed by atoms with van der Waals surface area (Å²) in [5.41, 5.74) is 8.87. The van der Waals surface area contributed by atoms with Crippen molar-refractivity contribution in [2.45, 2.75) is 6.92 Å². The molecule has 0 heterocycles. The number of thiocarbonyl (C=S) groups is 1. The molecule has 0 bridgehead atoms. The van der Waals surface area contributed by atoms with Crippen molar-refractivity contribution in [3.05, 3.63) is 29.3 Å². The van der Waals surface area contributed by atoms with Crippen LogP contribution in [-0.2, 0) is 4.74 Å². The largest absolute Gasteiger partial charge is 0.389 e. The van der Waals surface area contributed by atoms with Crippen LogP contribution >= 0.6 is 12.2 Å². The molecule has 0 aromatic heterocycles. The predicted octanol–water partition coefficient (Wildman–Crippen LogP) is 1.71. The van der Waals surface area contributed by atoms with Gasteiger partial charge in [0.1, 0.15) is 4.99 Å². The Bertz CT molecular complexity index is 379. The third kappa shape index (κ3) is 3.18. The van der Waals surface area contributed by atoms with Gasteiger partial charge in [-0.15, -0.1) is 0 Å². The number of anilines is 1. The summed E-state index contributed by atoms with van der Waals surface area (Å²) in [5, 5.41) is 0. The van der Waals surface area contributed by atoms with Crippen LogP contribution in [0, 0.1) is 6.92 Å². The molecule has 1 rings (SSSR count). The Hall–Kier alpha value is -1.13. The van der Waals surface area contributed by atoms with E-state index in [2.05, 4.69) is 17.9 Å². The summed E-state index contributed by atoms with van der Waals surface area (Å²) in [5.74, 6) is 0. The van der Waals surface area contributed by atoms with Crippen LogP contribution in [0.4, 0.5) is 5.69 Å². The van der Waals surface area contributed by atoms with Gasteiger partial charge in [0, 0.05) is 32.0 Å². The van der Waals surface area contributed by atoms with Crippen LogP contribution in [-0.4, -0.2) is 32.3 Å². The summed E-state index contributed by atoms with van der Waals surface area (Å²) in [4.78, 5) is 2.53. The van der Waals surface area contributed by atoms with E-state index in [0.717, 1.165) is 17.8 Å². The molecule has 1 aromatic rings. The maximum Gasteiger partial charge on any atom is 0.106 e. The first-order valence-corrected chi connectivity index (χ1v) is 5.57. The van der Waals surface area contributed by atoms with Gasteiger partial charge in [-0.3, -0.25) is 0 Å². The molecule has 0 aliphatic heterocycles. The molecule has 0 aliphatic rings. The zero-order chi connectivity index (χ0) is 12.1. The summed E-state index contributed by atoms with van der Waals surface area (Å²) in [6.45, 7) is 3.55. The van der Waals surface area contributed by atoms with Gasteiger partial charge in [-0.1, -0.05) is 18.3 Å². The minimum Gasteiger partial charge on any atom is -0.389 e. The van der Waals surface area contributed by atoms with Gasteiger partial charge in [-0.2, -0.15) is 0 Å². The van der Waals surface area contributed by atoms with Gasteiger partial charge in [0.05, 0.1) is 6.61 Å². The minimum absolute atomic E-state index is 0.430. The van der Waals surface area contributed by atoms with Crippen LogP contribution in [0.3, 0.4) is 0 Å². The van der Waals surface area contributed by atoms with Gasteiger partial charge in [0.2, 0.25) is 0 Å². The molecule has 88 valence electrons. The second kappa shape index (κ2) is 5.82. The maximum atomic E-state index is 5.70. The fraction of sp³-hybridized carbons (Fsp3) is 0.417. The number of nitrogens with zero attached hydrogens (tertiary/aromatic N) is 1. The minimum atomic E-state index is 0.430. The van der Waals surface area contributed by atoms with E-state index in [0.29, 0.717) is 11.6 Å². The van der Waals surface area contributed by atoms with Gasteiger partial charge in [-0.05, 0) is 24.6 Å². The highest BCUT2D eigenvalue weighted by atomic mass is 32.1. The molecule has 2 N–H and O–H groups in total. The van der Waals surface area contributed by atoms with Crippen molar-refractivity contribution in [3.63, 3.8) is 0 Å². The first-order chi connectivity index (χ1) is 7.56. The van der Waals surface area contributed by atoms with E-state index in [1.165, 1.54) is 5.56 Å². The average molecular weight is 238 g/mol. The molecule has 0 radical (unpaired) electrons. The first kappa shape index (κ1) is 12.9. The van der Waals surface area contributed by atoms with Gasteiger partial charge in [0.25, 0.3) is 0 Å². The molecule has 0 amide bonds. The number of hydrogen-bond acceptors (Lipinski definition) is 3. The van der Waals surface area contributed by atoms with Crippen LogP contribution in [0.1, 0.15) is 11.1 Å². The topological polar surface area (TPSA) is 38.5 Å². The fourth-order valence-corrected chi connectivity index (χ4v) is 1.69. The summed E-state index contributed by atoms with van der Waals surface area (Å²) >= 11 is 5.04. The van der Waals surface area contributed by atoms with Gasteiger partial charge in [-0.25, -0.2) is 0 Å². The Balaban J connectivity index is 2.99. The van der Waals surface area contributed by atoms with Crippen molar-refractivity contribution in [3.8, 4) is 0 Å². The van der Waals surface area contributed by atoms with E-state index >= 15 is 0 Å². The lowest BCUT2D eigenvalue weighted by Crippen LogP contribution is -2.25. The third-order valence-electron chi connectivity index (χ3n) is 2.46. The highest BCUT2D eigenvalue weighted by molar-refractivity contribution is 7.80. The van der Waals surface area contributed by atoms with Crippen LogP contribution in [0.15, 0.2) is 18.2 Å². The lowest BCUT2D eigenvalue weighted by atomic mass is 10.1. The Morgan fingerprint density at radius 2 is 2.19 bits per heavy atom. The number of nitrogens with two attached hydrogens (primary N) is 1. The third-order valence-corrected chi connectivity index (χ3v) is 2.68. The Kier molecular flexibility index (Phi) is 4.71. The highest BCUT2D eigenvalue weighted by Crippen LogP contribution is 2.21. The number of ether oxygens (including phenoxy) is 1. The summed E-state index contributed by atoms with van der Waals surface area (Å²) in [7, 11) is 3.70. The van der Waals surface area contributed by atoms with Gasteiger partial charge >= 0.3 is 0 Å². The fourth-order valence-electron chi connectivity index (χ4n) is 1.51. The van der Waals surface area contributed by atoms with Gasteiger partial charge in [0.15, 0.2) is 0 Å². The first-order valence-electron chi connectivity index (χ1n) is 5.16. The maximum absolute atomic E-state index is 5.70. The molecule has 0 spiro atoms. The van der Waals surface area contributed by atoms with Crippen molar-refractivity contribution in [2.75, 3.05) is 32.2 Å². The molecule has 1 aromatic carbocycles. The van der Waals surface area contributed by atoms with E-state index in [1.807, 2.05) is 19.2 Å². The molecule has 0 aliphatic carbocycles. The lowest BCUT2D eigenvalue weighted by molar-refractivity contribution is 0.206. The zero-order valence-corrected chi connectivity index (χ0v) is 10.8. The van der Waals surface area contributed by atoms with E-state index in [9.17, 15) is 0 Å². The average Bonchev–Trinajstić information content (AvgIpc) is 2.25. The molecule has 3 nitrogen and oxygen atoms in total. The molecule has 0 unspecified atom stereocenters. The number of methoxy groups -OCH3 is 1. The van der Waals surface area contributed by atoms with Crippen LogP contribution in [0.25, 0.3) is 0 Å². The number of hydrogen-bond donors (Lipinski definition) is 1. The molecule has 16 heavy (non-hydrogen) atoms. The molecule has 0 saturated carbocycles.